The number of allylic oxidation sites excluding steroid dienone is 6. The van der Waals surface area contributed by atoms with E-state index in [1.165, 1.54) is 0 Å². The summed E-state index contributed by atoms with van der Waals surface area (Å²) in [5.41, 5.74) is 0. The number of fused-ring (bicyclic) bond motifs is 1. The van der Waals surface area contributed by atoms with Gasteiger partial charge in [0.1, 0.15) is 6.10 Å². The van der Waals surface area contributed by atoms with Crippen molar-refractivity contribution in [3.05, 3.63) is 36.5 Å². The maximum atomic E-state index is 12.0. The van der Waals surface area contributed by atoms with E-state index in [-0.39, 0.29) is 30.0 Å². The molecule has 1 fully saturated rings. The van der Waals surface area contributed by atoms with Crippen LogP contribution in [0.2, 0.25) is 0 Å². The molecule has 1 heterocycles. The molecule has 28 heavy (non-hydrogen) atoms. The molecule has 0 aromatic carbocycles. The molecule has 0 radical (unpaired) electrons. The van der Waals surface area contributed by atoms with Gasteiger partial charge in [0.2, 0.25) is 0 Å². The Hall–Kier alpha value is -1.39. The van der Waals surface area contributed by atoms with E-state index in [1.807, 2.05) is 0 Å². The van der Waals surface area contributed by atoms with Crippen molar-refractivity contribution < 1.29 is 19.7 Å². The zero-order valence-electron chi connectivity index (χ0n) is 17.1. The molecular formula is C24H36O4. The second-order valence-corrected chi connectivity index (χ2v) is 8.86. The lowest BCUT2D eigenvalue weighted by Gasteiger charge is -2.26. The fourth-order valence-electron chi connectivity index (χ4n) is 5.02. The Labute approximate surface area is 169 Å². The first-order valence-electron chi connectivity index (χ1n) is 11.1. The third-order valence-electron chi connectivity index (χ3n) is 6.83. The van der Waals surface area contributed by atoms with Gasteiger partial charge in [0.25, 0.3) is 0 Å². The highest BCUT2D eigenvalue weighted by Gasteiger charge is 2.43. The lowest BCUT2D eigenvalue weighted by Crippen LogP contribution is -2.27. The molecule has 0 bridgehead atoms. The molecule has 156 valence electrons. The maximum absolute atomic E-state index is 12.0. The normalized spacial score (nSPS) is 37.9. The van der Waals surface area contributed by atoms with Gasteiger partial charge in [0.15, 0.2) is 0 Å². The number of aliphatic hydroxyl groups is 2. The summed E-state index contributed by atoms with van der Waals surface area (Å²) in [5, 5.41) is 21.1. The topological polar surface area (TPSA) is 66.8 Å². The monoisotopic (exact) mass is 388 g/mol. The van der Waals surface area contributed by atoms with Crippen LogP contribution in [0.15, 0.2) is 36.5 Å². The minimum absolute atomic E-state index is 0.0907. The fraction of sp³-hybridized carbons (Fsp3) is 0.708. The third kappa shape index (κ3) is 5.81. The highest BCUT2D eigenvalue weighted by Crippen LogP contribution is 2.41. The van der Waals surface area contributed by atoms with Gasteiger partial charge in [-0.25, -0.2) is 0 Å². The van der Waals surface area contributed by atoms with E-state index in [0.29, 0.717) is 31.1 Å². The molecule has 2 aliphatic carbocycles. The Bertz CT molecular complexity index is 593. The standard InChI is InChI=1S/C24H36O4/c1-17-8-6-7-9-18(17)12-13-19(25)14-15-20-21-10-4-2-3-5-11-24(27)28-23(21)16-22(20)26/h2,4,6-9,17-23,25-26H,3,5,10-16H2,1H3/b4-2-/t17?,18?,19-,20+,21+,22+,23-/m0/s1. The number of hydrogen-bond donors (Lipinski definition) is 2. The second kappa shape index (κ2) is 10.4. The minimum Gasteiger partial charge on any atom is -0.462 e. The Morgan fingerprint density at radius 3 is 2.79 bits per heavy atom. The number of carbonyl (C=O) groups excluding carboxylic acids is 1. The number of rotatable bonds is 6. The van der Waals surface area contributed by atoms with Crippen molar-refractivity contribution in [3.63, 3.8) is 0 Å². The Morgan fingerprint density at radius 2 is 1.96 bits per heavy atom. The minimum atomic E-state index is -0.449. The molecule has 0 spiro atoms. The van der Waals surface area contributed by atoms with Gasteiger partial charge in [-0.2, -0.15) is 0 Å². The van der Waals surface area contributed by atoms with Crippen LogP contribution < -0.4 is 0 Å². The average Bonchev–Trinajstić information content (AvgIpc) is 2.96. The number of aliphatic hydroxyl groups excluding tert-OH is 2. The summed E-state index contributed by atoms with van der Waals surface area (Å²) >= 11 is 0. The van der Waals surface area contributed by atoms with Crippen LogP contribution in [0, 0.1) is 23.7 Å². The largest absolute Gasteiger partial charge is 0.462 e. The third-order valence-corrected chi connectivity index (χ3v) is 6.83. The van der Waals surface area contributed by atoms with Crippen molar-refractivity contribution in [1.82, 2.24) is 0 Å². The quantitative estimate of drug-likeness (QED) is 0.525. The number of esters is 1. The van der Waals surface area contributed by atoms with E-state index < -0.39 is 6.10 Å². The summed E-state index contributed by atoms with van der Waals surface area (Å²) in [6.07, 6.45) is 18.8. The molecule has 0 aromatic rings. The molecule has 2 unspecified atom stereocenters. The molecular weight excluding hydrogens is 352 g/mol. The van der Waals surface area contributed by atoms with Gasteiger partial charge >= 0.3 is 5.97 Å². The van der Waals surface area contributed by atoms with Gasteiger partial charge in [0.05, 0.1) is 12.2 Å². The lowest BCUT2D eigenvalue weighted by molar-refractivity contribution is -0.151. The highest BCUT2D eigenvalue weighted by atomic mass is 16.5. The maximum Gasteiger partial charge on any atom is 0.306 e. The molecule has 3 rings (SSSR count). The summed E-state index contributed by atoms with van der Waals surface area (Å²) in [6, 6.07) is 0. The molecule has 1 aliphatic heterocycles. The van der Waals surface area contributed by atoms with Crippen LogP contribution >= 0.6 is 0 Å². The molecule has 2 N–H and O–H groups in total. The van der Waals surface area contributed by atoms with E-state index in [1.54, 1.807) is 0 Å². The summed E-state index contributed by atoms with van der Waals surface area (Å²) in [5.74, 6) is 1.14. The van der Waals surface area contributed by atoms with Gasteiger partial charge in [-0.3, -0.25) is 4.79 Å². The molecule has 4 nitrogen and oxygen atoms in total. The first-order chi connectivity index (χ1) is 13.5. The number of hydrogen-bond acceptors (Lipinski definition) is 4. The van der Waals surface area contributed by atoms with Crippen LogP contribution in [0.3, 0.4) is 0 Å². The molecule has 7 atom stereocenters. The lowest BCUT2D eigenvalue weighted by atomic mass is 9.83. The first kappa shape index (κ1) is 21.3. The van der Waals surface area contributed by atoms with Gasteiger partial charge < -0.3 is 14.9 Å². The fourth-order valence-corrected chi connectivity index (χ4v) is 5.02. The summed E-state index contributed by atoms with van der Waals surface area (Å²) in [6.45, 7) is 2.22. The van der Waals surface area contributed by atoms with Crippen molar-refractivity contribution in [1.29, 1.82) is 0 Å². The molecule has 4 heteroatoms. The Morgan fingerprint density at radius 1 is 1.18 bits per heavy atom. The van der Waals surface area contributed by atoms with Crippen LogP contribution in [0.1, 0.15) is 64.7 Å². The number of ether oxygens (including phenoxy) is 1. The van der Waals surface area contributed by atoms with E-state index in [2.05, 4.69) is 43.4 Å². The Balaban J connectivity index is 1.50. The Kier molecular flexibility index (Phi) is 7.92. The zero-order chi connectivity index (χ0) is 19.9. The van der Waals surface area contributed by atoms with E-state index in [4.69, 9.17) is 4.74 Å². The predicted molar refractivity (Wildman–Crippen MR) is 111 cm³/mol. The SMILES string of the molecule is CC1C=CC=CC1CC[C@H](O)CC[C@@H]1[C@H]2C/C=C\CCCC(=O)O[C@H]2C[C@H]1O. The highest BCUT2D eigenvalue weighted by molar-refractivity contribution is 5.69. The van der Waals surface area contributed by atoms with Crippen LogP contribution in [-0.2, 0) is 9.53 Å². The van der Waals surface area contributed by atoms with Crippen molar-refractivity contribution in [3.8, 4) is 0 Å². The van der Waals surface area contributed by atoms with E-state index in [9.17, 15) is 15.0 Å². The van der Waals surface area contributed by atoms with Crippen LogP contribution in [0.5, 0.6) is 0 Å². The molecule has 0 amide bonds. The smallest absolute Gasteiger partial charge is 0.306 e. The van der Waals surface area contributed by atoms with Crippen LogP contribution in [-0.4, -0.2) is 34.5 Å². The van der Waals surface area contributed by atoms with E-state index in [0.717, 1.165) is 38.5 Å². The van der Waals surface area contributed by atoms with Gasteiger partial charge in [-0.05, 0) is 62.7 Å². The van der Waals surface area contributed by atoms with Crippen molar-refractivity contribution in [2.24, 2.45) is 23.7 Å². The van der Waals surface area contributed by atoms with Crippen LogP contribution in [0.25, 0.3) is 0 Å². The van der Waals surface area contributed by atoms with Gasteiger partial charge in [-0.15, -0.1) is 0 Å². The number of carbonyl (C=O) groups is 1. The van der Waals surface area contributed by atoms with Gasteiger partial charge in [0, 0.05) is 18.8 Å². The van der Waals surface area contributed by atoms with Crippen molar-refractivity contribution in [2.45, 2.75) is 83.0 Å². The average molecular weight is 389 g/mol. The van der Waals surface area contributed by atoms with Crippen LogP contribution in [0.4, 0.5) is 0 Å². The zero-order valence-corrected chi connectivity index (χ0v) is 17.1. The molecule has 0 aromatic heterocycles. The van der Waals surface area contributed by atoms with Crippen molar-refractivity contribution in [2.75, 3.05) is 0 Å². The molecule has 3 aliphatic rings. The summed E-state index contributed by atoms with van der Waals surface area (Å²) in [7, 11) is 0. The van der Waals surface area contributed by atoms with E-state index >= 15 is 0 Å². The molecule has 0 saturated heterocycles. The predicted octanol–water partition coefficient (Wildman–Crippen LogP) is 4.33. The first-order valence-corrected chi connectivity index (χ1v) is 11.1. The van der Waals surface area contributed by atoms with Crippen molar-refractivity contribution >= 4 is 5.97 Å². The summed E-state index contributed by atoms with van der Waals surface area (Å²) in [4.78, 5) is 12.0. The second-order valence-electron chi connectivity index (χ2n) is 8.86. The summed E-state index contributed by atoms with van der Waals surface area (Å²) < 4.78 is 5.69. The van der Waals surface area contributed by atoms with Gasteiger partial charge in [-0.1, -0.05) is 43.4 Å². The molecule has 1 saturated carbocycles.